The zero-order chi connectivity index (χ0) is 7.68. The molecule has 0 aromatic carbocycles. The Kier molecular flexibility index (Phi) is 1.56. The first-order valence-corrected chi connectivity index (χ1v) is 3.91. The largest absolute Gasteiger partial charge is 0.463 e. The molecule has 0 radical (unpaired) electrons. The standard InChI is InChI=1S/C8H11NO2/c1-6-4-8(11-9-6)10-5-7-2-3-7/h4,7H,2-3,5H2,1H3. The summed E-state index contributed by atoms with van der Waals surface area (Å²) in [4.78, 5) is 0. The molecule has 0 aliphatic heterocycles. The zero-order valence-corrected chi connectivity index (χ0v) is 6.54. The average molecular weight is 153 g/mol. The van der Waals surface area contributed by atoms with Gasteiger partial charge in [-0.3, -0.25) is 0 Å². The third-order valence-electron chi connectivity index (χ3n) is 1.76. The Hall–Kier alpha value is -0.990. The number of aromatic nitrogens is 1. The lowest BCUT2D eigenvalue weighted by atomic mass is 10.4. The van der Waals surface area contributed by atoms with E-state index >= 15 is 0 Å². The van der Waals surface area contributed by atoms with Crippen LogP contribution in [-0.2, 0) is 0 Å². The molecule has 0 spiro atoms. The molecule has 0 amide bonds. The molecule has 0 N–H and O–H groups in total. The van der Waals surface area contributed by atoms with Crippen LogP contribution in [0.5, 0.6) is 5.95 Å². The zero-order valence-electron chi connectivity index (χ0n) is 6.54. The van der Waals surface area contributed by atoms with Crippen LogP contribution in [0, 0.1) is 12.8 Å². The molecule has 1 saturated carbocycles. The van der Waals surface area contributed by atoms with Gasteiger partial charge in [-0.25, -0.2) is 0 Å². The predicted molar refractivity (Wildman–Crippen MR) is 39.5 cm³/mol. The minimum absolute atomic E-state index is 0.550. The van der Waals surface area contributed by atoms with E-state index in [-0.39, 0.29) is 0 Å². The van der Waals surface area contributed by atoms with E-state index in [2.05, 4.69) is 5.16 Å². The molecule has 1 heterocycles. The lowest BCUT2D eigenvalue weighted by molar-refractivity contribution is 0.205. The van der Waals surface area contributed by atoms with Gasteiger partial charge in [-0.15, -0.1) is 0 Å². The summed E-state index contributed by atoms with van der Waals surface area (Å²) in [6.07, 6.45) is 2.60. The third kappa shape index (κ3) is 1.73. The Labute approximate surface area is 65.3 Å². The quantitative estimate of drug-likeness (QED) is 0.663. The van der Waals surface area contributed by atoms with Crippen molar-refractivity contribution in [3.05, 3.63) is 11.8 Å². The van der Waals surface area contributed by atoms with Crippen LogP contribution in [-0.4, -0.2) is 11.8 Å². The molecule has 1 aromatic rings. The van der Waals surface area contributed by atoms with Crippen LogP contribution in [0.25, 0.3) is 0 Å². The molecular formula is C8H11NO2. The van der Waals surface area contributed by atoms with Crippen LogP contribution in [0.4, 0.5) is 0 Å². The number of aryl methyl sites for hydroxylation is 1. The van der Waals surface area contributed by atoms with E-state index in [9.17, 15) is 0 Å². The summed E-state index contributed by atoms with van der Waals surface area (Å²) in [5, 5.41) is 3.71. The van der Waals surface area contributed by atoms with Crippen LogP contribution in [0.2, 0.25) is 0 Å². The van der Waals surface area contributed by atoms with Gasteiger partial charge in [-0.2, -0.15) is 0 Å². The molecule has 1 aliphatic carbocycles. The molecule has 3 heteroatoms. The van der Waals surface area contributed by atoms with Crippen molar-refractivity contribution < 1.29 is 9.26 Å². The van der Waals surface area contributed by atoms with Gasteiger partial charge in [0.1, 0.15) is 0 Å². The van der Waals surface area contributed by atoms with Gasteiger partial charge in [0, 0.05) is 6.07 Å². The number of hydrogen-bond donors (Lipinski definition) is 0. The van der Waals surface area contributed by atoms with E-state index in [0.29, 0.717) is 5.95 Å². The van der Waals surface area contributed by atoms with Crippen molar-refractivity contribution in [1.29, 1.82) is 0 Å². The normalized spacial score (nSPS) is 16.8. The minimum Gasteiger partial charge on any atom is -0.463 e. The lowest BCUT2D eigenvalue weighted by Gasteiger charge is -1.96. The van der Waals surface area contributed by atoms with Gasteiger partial charge in [-0.1, -0.05) is 5.16 Å². The van der Waals surface area contributed by atoms with Crippen molar-refractivity contribution in [3.63, 3.8) is 0 Å². The average Bonchev–Trinajstić information content (AvgIpc) is 2.72. The van der Waals surface area contributed by atoms with Crippen LogP contribution in [0.15, 0.2) is 10.6 Å². The second-order valence-corrected chi connectivity index (χ2v) is 3.04. The van der Waals surface area contributed by atoms with Gasteiger partial charge in [0.2, 0.25) is 0 Å². The van der Waals surface area contributed by atoms with E-state index < -0.39 is 0 Å². The van der Waals surface area contributed by atoms with E-state index in [1.54, 1.807) is 0 Å². The third-order valence-corrected chi connectivity index (χ3v) is 1.76. The number of ether oxygens (including phenoxy) is 1. The lowest BCUT2D eigenvalue weighted by Crippen LogP contribution is -1.97. The summed E-state index contributed by atoms with van der Waals surface area (Å²) < 4.78 is 10.2. The fourth-order valence-corrected chi connectivity index (χ4v) is 0.893. The van der Waals surface area contributed by atoms with Gasteiger partial charge in [0.25, 0.3) is 0 Å². The maximum Gasteiger partial charge on any atom is 0.311 e. The first-order valence-electron chi connectivity index (χ1n) is 3.91. The van der Waals surface area contributed by atoms with Crippen LogP contribution in [0.1, 0.15) is 18.5 Å². The Morgan fingerprint density at radius 3 is 3.09 bits per heavy atom. The highest BCUT2D eigenvalue weighted by molar-refractivity contribution is 5.08. The van der Waals surface area contributed by atoms with Gasteiger partial charge in [-0.05, 0) is 25.7 Å². The van der Waals surface area contributed by atoms with Crippen molar-refractivity contribution in [3.8, 4) is 5.95 Å². The second-order valence-electron chi connectivity index (χ2n) is 3.04. The Balaban J connectivity index is 1.85. The van der Waals surface area contributed by atoms with Gasteiger partial charge in [0.05, 0.1) is 12.3 Å². The molecule has 0 bridgehead atoms. The predicted octanol–water partition coefficient (Wildman–Crippen LogP) is 1.77. The molecule has 0 saturated heterocycles. The van der Waals surface area contributed by atoms with Crippen LogP contribution in [0.3, 0.4) is 0 Å². The SMILES string of the molecule is Cc1cc(OCC2CC2)on1. The summed E-state index contributed by atoms with van der Waals surface area (Å²) in [6, 6.07) is 1.81. The maximum absolute atomic E-state index is 5.32. The van der Waals surface area contributed by atoms with Crippen molar-refractivity contribution >= 4 is 0 Å². The van der Waals surface area contributed by atoms with Crippen LogP contribution < -0.4 is 4.74 Å². The molecule has 3 nitrogen and oxygen atoms in total. The van der Waals surface area contributed by atoms with Crippen LogP contribution >= 0.6 is 0 Å². The molecular weight excluding hydrogens is 142 g/mol. The molecule has 0 unspecified atom stereocenters. The maximum atomic E-state index is 5.32. The molecule has 1 aromatic heterocycles. The Morgan fingerprint density at radius 2 is 2.55 bits per heavy atom. The fraction of sp³-hybridized carbons (Fsp3) is 0.625. The number of hydrogen-bond acceptors (Lipinski definition) is 3. The van der Waals surface area contributed by atoms with Crippen molar-refractivity contribution in [2.75, 3.05) is 6.61 Å². The first-order chi connectivity index (χ1) is 5.34. The Morgan fingerprint density at radius 1 is 1.73 bits per heavy atom. The summed E-state index contributed by atoms with van der Waals surface area (Å²) in [5.41, 5.74) is 0.871. The van der Waals surface area contributed by atoms with Crippen molar-refractivity contribution in [1.82, 2.24) is 5.16 Å². The van der Waals surface area contributed by atoms with Gasteiger partial charge >= 0.3 is 5.95 Å². The van der Waals surface area contributed by atoms with E-state index in [1.807, 2.05) is 13.0 Å². The van der Waals surface area contributed by atoms with E-state index in [1.165, 1.54) is 12.8 Å². The second kappa shape index (κ2) is 2.57. The highest BCUT2D eigenvalue weighted by atomic mass is 16.6. The molecule has 11 heavy (non-hydrogen) atoms. The van der Waals surface area contributed by atoms with E-state index in [0.717, 1.165) is 18.2 Å². The highest BCUT2D eigenvalue weighted by Gasteiger charge is 2.22. The van der Waals surface area contributed by atoms with Gasteiger partial charge in [0.15, 0.2) is 0 Å². The molecule has 0 atom stereocenters. The monoisotopic (exact) mass is 153 g/mol. The molecule has 2 rings (SSSR count). The Bertz CT molecular complexity index is 240. The highest BCUT2D eigenvalue weighted by Crippen LogP contribution is 2.29. The van der Waals surface area contributed by atoms with Crippen molar-refractivity contribution in [2.45, 2.75) is 19.8 Å². The minimum atomic E-state index is 0.550. The van der Waals surface area contributed by atoms with Gasteiger partial charge < -0.3 is 9.26 Å². The molecule has 1 aliphatic rings. The topological polar surface area (TPSA) is 35.3 Å². The first kappa shape index (κ1) is 6.70. The fourth-order valence-electron chi connectivity index (χ4n) is 0.893. The van der Waals surface area contributed by atoms with E-state index in [4.69, 9.17) is 9.26 Å². The summed E-state index contributed by atoms with van der Waals surface area (Å²) >= 11 is 0. The molecule has 1 fully saturated rings. The summed E-state index contributed by atoms with van der Waals surface area (Å²) in [7, 11) is 0. The summed E-state index contributed by atoms with van der Waals surface area (Å²) in [6.45, 7) is 2.67. The summed E-state index contributed by atoms with van der Waals surface area (Å²) in [5.74, 6) is 1.31. The molecule has 60 valence electrons. The van der Waals surface area contributed by atoms with Crippen molar-refractivity contribution in [2.24, 2.45) is 5.92 Å². The smallest absolute Gasteiger partial charge is 0.311 e. The number of rotatable bonds is 3. The number of nitrogens with zero attached hydrogens (tertiary/aromatic N) is 1.